The quantitative estimate of drug-likeness (QED) is 0.565. The van der Waals surface area contributed by atoms with Gasteiger partial charge < -0.3 is 15.2 Å². The maximum Gasteiger partial charge on any atom is 0.244 e. The number of benzene rings is 1. The Balaban J connectivity index is 1.96. The van der Waals surface area contributed by atoms with Gasteiger partial charge in [-0.2, -0.15) is 5.26 Å². The molecule has 0 radical (unpaired) electrons. The second-order valence-electron chi connectivity index (χ2n) is 6.27. The van der Waals surface area contributed by atoms with E-state index >= 15 is 0 Å². The van der Waals surface area contributed by atoms with Crippen LogP contribution in [0.15, 0.2) is 36.5 Å². The van der Waals surface area contributed by atoms with Crippen LogP contribution >= 0.6 is 0 Å². The summed E-state index contributed by atoms with van der Waals surface area (Å²) in [7, 11) is 0. The summed E-state index contributed by atoms with van der Waals surface area (Å²) in [5.74, 6) is -0.304. The Kier molecular flexibility index (Phi) is 6.98. The molecule has 2 rings (SSSR count). The van der Waals surface area contributed by atoms with Crippen LogP contribution in [0.1, 0.15) is 25.8 Å². The number of aromatic nitrogens is 1. The van der Waals surface area contributed by atoms with E-state index in [9.17, 15) is 9.59 Å². The highest BCUT2D eigenvalue weighted by Gasteiger charge is 2.07. The van der Waals surface area contributed by atoms with Gasteiger partial charge in [0.2, 0.25) is 11.8 Å². The van der Waals surface area contributed by atoms with Crippen LogP contribution in [0.3, 0.4) is 0 Å². The molecule has 6 nitrogen and oxygen atoms in total. The van der Waals surface area contributed by atoms with Crippen molar-refractivity contribution in [2.45, 2.75) is 26.8 Å². The number of hydrogen-bond acceptors (Lipinski definition) is 3. The number of nitriles is 1. The number of aryl methyl sites for hydroxylation is 1. The summed E-state index contributed by atoms with van der Waals surface area (Å²) in [5, 5.41) is 15.3. The predicted molar refractivity (Wildman–Crippen MR) is 102 cm³/mol. The lowest BCUT2D eigenvalue weighted by molar-refractivity contribution is -0.124. The SMILES string of the molecule is CC(C)C(=O)NCCNC(=O)C=Cc1cn(CCC#N)c2ccccc12. The molecule has 136 valence electrons. The minimum absolute atomic E-state index is 0.0278. The summed E-state index contributed by atoms with van der Waals surface area (Å²) in [5.41, 5.74) is 1.97. The van der Waals surface area contributed by atoms with Gasteiger partial charge in [-0.25, -0.2) is 0 Å². The molecule has 0 unspecified atom stereocenters. The van der Waals surface area contributed by atoms with Gasteiger partial charge in [0.1, 0.15) is 0 Å². The standard InChI is InChI=1S/C20H24N4O2/c1-15(2)20(26)23-12-11-22-19(25)9-8-16-14-24(13-5-10-21)18-7-4-3-6-17(16)18/h3-4,6-9,14-15H,5,11-13H2,1-2H3,(H,22,25)(H,23,26). The lowest BCUT2D eigenvalue weighted by Crippen LogP contribution is -2.35. The molecule has 0 aliphatic carbocycles. The molecule has 26 heavy (non-hydrogen) atoms. The number of nitrogens with zero attached hydrogens (tertiary/aromatic N) is 2. The van der Waals surface area contributed by atoms with Crippen LogP contribution in [0.5, 0.6) is 0 Å². The molecule has 2 aromatic rings. The number of para-hydroxylation sites is 1. The molecule has 0 bridgehead atoms. The average Bonchev–Trinajstić information content (AvgIpc) is 2.99. The van der Waals surface area contributed by atoms with Gasteiger partial charge in [0.05, 0.1) is 12.5 Å². The van der Waals surface area contributed by atoms with Crippen LogP contribution in [0.25, 0.3) is 17.0 Å². The summed E-state index contributed by atoms with van der Waals surface area (Å²) in [6.07, 6.45) is 5.65. The zero-order chi connectivity index (χ0) is 18.9. The number of carbonyl (C=O) groups is 2. The van der Waals surface area contributed by atoms with Crippen molar-refractivity contribution < 1.29 is 9.59 Å². The lowest BCUT2D eigenvalue weighted by atomic mass is 10.1. The van der Waals surface area contributed by atoms with Gasteiger partial charge in [0.15, 0.2) is 0 Å². The average molecular weight is 352 g/mol. The van der Waals surface area contributed by atoms with E-state index in [1.807, 2.05) is 48.9 Å². The molecule has 0 saturated heterocycles. The van der Waals surface area contributed by atoms with Crippen molar-refractivity contribution in [2.24, 2.45) is 5.92 Å². The second kappa shape index (κ2) is 9.42. The summed E-state index contributed by atoms with van der Waals surface area (Å²) in [4.78, 5) is 23.4. The van der Waals surface area contributed by atoms with E-state index < -0.39 is 0 Å². The third-order valence-electron chi connectivity index (χ3n) is 3.95. The highest BCUT2D eigenvalue weighted by Crippen LogP contribution is 2.22. The molecule has 0 saturated carbocycles. The van der Waals surface area contributed by atoms with Gasteiger partial charge in [-0.05, 0) is 12.1 Å². The highest BCUT2D eigenvalue weighted by molar-refractivity contribution is 5.96. The zero-order valence-corrected chi connectivity index (χ0v) is 15.2. The van der Waals surface area contributed by atoms with E-state index in [4.69, 9.17) is 5.26 Å². The molecule has 6 heteroatoms. The minimum Gasteiger partial charge on any atom is -0.354 e. The second-order valence-corrected chi connectivity index (χ2v) is 6.27. The van der Waals surface area contributed by atoms with Crippen LogP contribution < -0.4 is 10.6 Å². The maximum absolute atomic E-state index is 11.9. The first-order chi connectivity index (χ1) is 12.5. The van der Waals surface area contributed by atoms with Gasteiger partial charge in [0, 0.05) is 54.3 Å². The normalized spacial score (nSPS) is 11.0. The molecule has 0 aliphatic rings. The molecule has 1 aromatic heterocycles. The number of rotatable bonds is 8. The molecular formula is C20H24N4O2. The Morgan fingerprint density at radius 2 is 1.96 bits per heavy atom. The smallest absolute Gasteiger partial charge is 0.244 e. The van der Waals surface area contributed by atoms with Crippen molar-refractivity contribution in [3.8, 4) is 6.07 Å². The fourth-order valence-corrected chi connectivity index (χ4v) is 2.56. The van der Waals surface area contributed by atoms with Crippen molar-refractivity contribution in [1.82, 2.24) is 15.2 Å². The number of fused-ring (bicyclic) bond motifs is 1. The van der Waals surface area contributed by atoms with Crippen LogP contribution in [0, 0.1) is 17.2 Å². The van der Waals surface area contributed by atoms with E-state index in [0.717, 1.165) is 16.5 Å². The Bertz CT molecular complexity index is 843. The van der Waals surface area contributed by atoms with E-state index in [2.05, 4.69) is 16.7 Å². The molecule has 1 heterocycles. The number of carbonyl (C=O) groups excluding carboxylic acids is 2. The van der Waals surface area contributed by atoms with Gasteiger partial charge >= 0.3 is 0 Å². The third-order valence-corrected chi connectivity index (χ3v) is 3.95. The van der Waals surface area contributed by atoms with Crippen molar-refractivity contribution in [2.75, 3.05) is 13.1 Å². The van der Waals surface area contributed by atoms with Crippen LogP contribution in [-0.2, 0) is 16.1 Å². The van der Waals surface area contributed by atoms with Crippen molar-refractivity contribution in [3.63, 3.8) is 0 Å². The van der Waals surface area contributed by atoms with Crippen LogP contribution in [-0.4, -0.2) is 29.5 Å². The van der Waals surface area contributed by atoms with Crippen molar-refractivity contribution >= 4 is 28.8 Å². The first-order valence-electron chi connectivity index (χ1n) is 8.71. The van der Waals surface area contributed by atoms with E-state index in [-0.39, 0.29) is 17.7 Å². The monoisotopic (exact) mass is 352 g/mol. The fourth-order valence-electron chi connectivity index (χ4n) is 2.56. The van der Waals surface area contributed by atoms with E-state index in [1.165, 1.54) is 6.08 Å². The molecule has 2 amide bonds. The van der Waals surface area contributed by atoms with Crippen molar-refractivity contribution in [3.05, 3.63) is 42.1 Å². The first-order valence-corrected chi connectivity index (χ1v) is 8.71. The molecule has 0 fully saturated rings. The Hall–Kier alpha value is -3.07. The summed E-state index contributed by atoms with van der Waals surface area (Å²) in [6.45, 7) is 5.05. The summed E-state index contributed by atoms with van der Waals surface area (Å²) >= 11 is 0. The zero-order valence-electron chi connectivity index (χ0n) is 15.2. The predicted octanol–water partition coefficient (Wildman–Crippen LogP) is 2.46. The number of amides is 2. The molecule has 0 atom stereocenters. The maximum atomic E-state index is 11.9. The Labute approximate surface area is 153 Å². The Morgan fingerprint density at radius 3 is 2.69 bits per heavy atom. The van der Waals surface area contributed by atoms with E-state index in [0.29, 0.717) is 26.1 Å². The van der Waals surface area contributed by atoms with E-state index in [1.54, 1.807) is 6.08 Å². The van der Waals surface area contributed by atoms with Gasteiger partial charge in [-0.3, -0.25) is 9.59 Å². The Morgan fingerprint density at radius 1 is 1.23 bits per heavy atom. The molecule has 0 spiro atoms. The fraction of sp³-hybridized carbons (Fsp3) is 0.350. The van der Waals surface area contributed by atoms with Crippen LogP contribution in [0.2, 0.25) is 0 Å². The molecule has 2 N–H and O–H groups in total. The molecule has 0 aliphatic heterocycles. The third kappa shape index (κ3) is 5.21. The van der Waals surface area contributed by atoms with Gasteiger partial charge in [0.25, 0.3) is 0 Å². The topological polar surface area (TPSA) is 86.9 Å². The molecule has 1 aromatic carbocycles. The van der Waals surface area contributed by atoms with Crippen molar-refractivity contribution in [1.29, 1.82) is 5.26 Å². The lowest BCUT2D eigenvalue weighted by Gasteiger charge is -2.07. The largest absolute Gasteiger partial charge is 0.354 e. The number of nitrogens with one attached hydrogen (secondary N) is 2. The van der Waals surface area contributed by atoms with Gasteiger partial charge in [-0.1, -0.05) is 32.0 Å². The van der Waals surface area contributed by atoms with Crippen LogP contribution in [0.4, 0.5) is 0 Å². The first kappa shape index (κ1) is 19.3. The molecular weight excluding hydrogens is 328 g/mol. The highest BCUT2D eigenvalue weighted by atomic mass is 16.2. The number of hydrogen-bond donors (Lipinski definition) is 2. The van der Waals surface area contributed by atoms with Gasteiger partial charge in [-0.15, -0.1) is 0 Å². The summed E-state index contributed by atoms with van der Waals surface area (Å²) in [6, 6.07) is 10.1. The summed E-state index contributed by atoms with van der Waals surface area (Å²) < 4.78 is 2.03. The minimum atomic E-state index is -0.211.